The summed E-state index contributed by atoms with van der Waals surface area (Å²) in [7, 11) is 1.56. The van der Waals surface area contributed by atoms with Crippen molar-refractivity contribution < 1.29 is 24.2 Å². The molecule has 1 unspecified atom stereocenters. The lowest BCUT2D eigenvalue weighted by atomic mass is 10.2. The highest BCUT2D eigenvalue weighted by atomic mass is 16.5. The topological polar surface area (TPSA) is 105 Å². The van der Waals surface area contributed by atoms with Gasteiger partial charge in [-0.05, 0) is 5.92 Å². The van der Waals surface area contributed by atoms with E-state index < -0.39 is 17.9 Å². The Bertz CT molecular complexity index is 280. The van der Waals surface area contributed by atoms with Crippen molar-refractivity contribution in [2.75, 3.05) is 20.3 Å². The van der Waals surface area contributed by atoms with E-state index in [1.54, 1.807) is 7.11 Å². The first-order valence-corrected chi connectivity index (χ1v) is 5.24. The van der Waals surface area contributed by atoms with Crippen LogP contribution in [0.25, 0.3) is 0 Å². The van der Waals surface area contributed by atoms with Gasteiger partial charge in [-0.15, -0.1) is 0 Å². The second-order valence-corrected chi connectivity index (χ2v) is 3.71. The second-order valence-electron chi connectivity index (χ2n) is 3.71. The van der Waals surface area contributed by atoms with E-state index >= 15 is 0 Å². The maximum atomic E-state index is 11.2. The van der Waals surface area contributed by atoms with Crippen molar-refractivity contribution in [2.24, 2.45) is 5.92 Å². The molecule has 0 aliphatic rings. The molecule has 0 radical (unpaired) electrons. The average Bonchev–Trinajstić information content (AvgIpc) is 2.24. The number of amides is 3. The first-order valence-electron chi connectivity index (χ1n) is 5.24. The molecule has 0 aliphatic carbocycles. The van der Waals surface area contributed by atoms with Crippen LogP contribution in [0.2, 0.25) is 0 Å². The first-order chi connectivity index (χ1) is 7.95. The minimum Gasteiger partial charge on any atom is -0.481 e. The number of methoxy groups -OCH3 is 1. The molecule has 0 saturated heterocycles. The van der Waals surface area contributed by atoms with Gasteiger partial charge in [0.05, 0.1) is 13.0 Å². The summed E-state index contributed by atoms with van der Waals surface area (Å²) in [6, 6.07) is -0.622. The normalized spacial score (nSPS) is 11.6. The van der Waals surface area contributed by atoms with Crippen molar-refractivity contribution in [3.8, 4) is 0 Å². The molecule has 0 aromatic heterocycles. The number of urea groups is 1. The van der Waals surface area contributed by atoms with Gasteiger partial charge in [0.1, 0.15) is 0 Å². The van der Waals surface area contributed by atoms with Crippen molar-refractivity contribution in [3.05, 3.63) is 0 Å². The molecule has 98 valence electrons. The van der Waals surface area contributed by atoms with Gasteiger partial charge >= 0.3 is 12.0 Å². The molecule has 3 N–H and O–H groups in total. The Balaban J connectivity index is 3.71. The van der Waals surface area contributed by atoms with E-state index in [2.05, 4.69) is 5.32 Å². The van der Waals surface area contributed by atoms with Gasteiger partial charge in [-0.2, -0.15) is 0 Å². The summed E-state index contributed by atoms with van der Waals surface area (Å²) >= 11 is 0. The Morgan fingerprint density at radius 3 is 2.47 bits per heavy atom. The molecule has 7 heteroatoms. The van der Waals surface area contributed by atoms with Crippen molar-refractivity contribution >= 4 is 17.9 Å². The number of aliphatic carboxylic acids is 1. The highest BCUT2D eigenvalue weighted by Gasteiger charge is 2.10. The van der Waals surface area contributed by atoms with E-state index in [9.17, 15) is 14.4 Å². The summed E-state index contributed by atoms with van der Waals surface area (Å²) in [6.07, 6.45) is -0.504. The minimum absolute atomic E-state index is 0.139. The third-order valence-electron chi connectivity index (χ3n) is 1.88. The number of carbonyl (C=O) groups excluding carboxylic acids is 2. The smallest absolute Gasteiger partial charge is 0.321 e. The summed E-state index contributed by atoms with van der Waals surface area (Å²) < 4.78 is 4.88. The largest absolute Gasteiger partial charge is 0.481 e. The fourth-order valence-corrected chi connectivity index (χ4v) is 1.06. The highest BCUT2D eigenvalue weighted by molar-refractivity contribution is 5.95. The van der Waals surface area contributed by atoms with Crippen LogP contribution < -0.4 is 10.6 Å². The van der Waals surface area contributed by atoms with Crippen molar-refractivity contribution in [2.45, 2.75) is 19.8 Å². The monoisotopic (exact) mass is 246 g/mol. The zero-order valence-corrected chi connectivity index (χ0v) is 9.99. The van der Waals surface area contributed by atoms with Crippen LogP contribution in [-0.2, 0) is 14.3 Å². The van der Waals surface area contributed by atoms with Gasteiger partial charge in [-0.3, -0.25) is 14.9 Å². The van der Waals surface area contributed by atoms with E-state index in [1.165, 1.54) is 0 Å². The van der Waals surface area contributed by atoms with Crippen LogP contribution in [0.15, 0.2) is 0 Å². The van der Waals surface area contributed by atoms with E-state index in [1.807, 2.05) is 12.2 Å². The van der Waals surface area contributed by atoms with Gasteiger partial charge < -0.3 is 15.2 Å². The number of carbonyl (C=O) groups is 3. The molecular formula is C10H18N2O5. The SMILES string of the molecule is COCC(C)CNC(=O)NC(=O)CCC(=O)O. The standard InChI is InChI=1S/C10H18N2O5/c1-7(6-17-2)5-11-10(16)12-8(13)3-4-9(14)15/h7H,3-6H2,1-2H3,(H,14,15)(H2,11,12,13,16). The number of ether oxygens (including phenoxy) is 1. The Kier molecular flexibility index (Phi) is 7.70. The van der Waals surface area contributed by atoms with Crippen molar-refractivity contribution in [1.29, 1.82) is 0 Å². The van der Waals surface area contributed by atoms with Crippen LogP contribution in [0.5, 0.6) is 0 Å². The number of hydrogen-bond donors (Lipinski definition) is 3. The fourth-order valence-electron chi connectivity index (χ4n) is 1.06. The van der Waals surface area contributed by atoms with Gasteiger partial charge in [-0.1, -0.05) is 6.92 Å². The zero-order chi connectivity index (χ0) is 13.3. The van der Waals surface area contributed by atoms with Gasteiger partial charge in [0.2, 0.25) is 5.91 Å². The molecule has 0 rings (SSSR count). The maximum absolute atomic E-state index is 11.2. The van der Waals surface area contributed by atoms with Gasteiger partial charge in [0.15, 0.2) is 0 Å². The molecule has 17 heavy (non-hydrogen) atoms. The number of hydrogen-bond acceptors (Lipinski definition) is 4. The molecule has 0 aliphatic heterocycles. The molecule has 0 fully saturated rings. The van der Waals surface area contributed by atoms with E-state index in [4.69, 9.17) is 9.84 Å². The summed E-state index contributed by atoms with van der Waals surface area (Å²) in [4.78, 5) is 32.4. The third-order valence-corrected chi connectivity index (χ3v) is 1.88. The molecule has 1 atom stereocenters. The predicted molar refractivity (Wildman–Crippen MR) is 59.5 cm³/mol. The molecule has 0 spiro atoms. The summed E-state index contributed by atoms with van der Waals surface area (Å²) in [5, 5.41) is 12.9. The fraction of sp³-hybridized carbons (Fsp3) is 0.700. The molecule has 0 heterocycles. The van der Waals surface area contributed by atoms with E-state index in [0.717, 1.165) is 0 Å². The molecule has 0 aromatic rings. The van der Waals surface area contributed by atoms with Crippen molar-refractivity contribution in [1.82, 2.24) is 10.6 Å². The summed E-state index contributed by atoms with van der Waals surface area (Å²) in [5.74, 6) is -1.54. The summed E-state index contributed by atoms with van der Waals surface area (Å²) in [5.41, 5.74) is 0. The van der Waals surface area contributed by atoms with Crippen LogP contribution in [0.3, 0.4) is 0 Å². The average molecular weight is 246 g/mol. The highest BCUT2D eigenvalue weighted by Crippen LogP contribution is 1.92. The molecule has 0 bridgehead atoms. The second kappa shape index (κ2) is 8.51. The Morgan fingerprint density at radius 1 is 1.29 bits per heavy atom. The van der Waals surface area contributed by atoms with E-state index in [-0.39, 0.29) is 18.8 Å². The minimum atomic E-state index is -1.07. The zero-order valence-electron chi connectivity index (χ0n) is 9.99. The number of nitrogens with one attached hydrogen (secondary N) is 2. The molecule has 0 saturated carbocycles. The van der Waals surface area contributed by atoms with Crippen LogP contribution >= 0.6 is 0 Å². The van der Waals surface area contributed by atoms with E-state index in [0.29, 0.717) is 13.2 Å². The molecule has 7 nitrogen and oxygen atoms in total. The number of imide groups is 1. The van der Waals surface area contributed by atoms with Gasteiger partial charge in [0.25, 0.3) is 0 Å². The maximum Gasteiger partial charge on any atom is 0.321 e. The molecular weight excluding hydrogens is 228 g/mol. The number of carboxylic acid groups (broad SMARTS) is 1. The quantitative estimate of drug-likeness (QED) is 0.584. The van der Waals surface area contributed by atoms with Crippen LogP contribution in [0, 0.1) is 5.92 Å². The lowest BCUT2D eigenvalue weighted by Crippen LogP contribution is -2.41. The van der Waals surface area contributed by atoms with Gasteiger partial charge in [-0.25, -0.2) is 4.79 Å². The molecule has 0 aromatic carbocycles. The number of carboxylic acids is 1. The third kappa shape index (κ3) is 9.31. The predicted octanol–water partition coefficient (Wildman–Crippen LogP) is -0.0405. The molecule has 3 amide bonds. The first kappa shape index (κ1) is 15.4. The van der Waals surface area contributed by atoms with Crippen LogP contribution in [0.4, 0.5) is 4.79 Å². The summed E-state index contributed by atoms with van der Waals surface area (Å²) in [6.45, 7) is 2.77. The Labute approximate surface area is 99.5 Å². The van der Waals surface area contributed by atoms with Gasteiger partial charge in [0, 0.05) is 20.1 Å². The Hall–Kier alpha value is -1.63. The van der Waals surface area contributed by atoms with Crippen molar-refractivity contribution in [3.63, 3.8) is 0 Å². The van der Waals surface area contributed by atoms with Crippen LogP contribution in [-0.4, -0.2) is 43.3 Å². The van der Waals surface area contributed by atoms with Crippen LogP contribution in [0.1, 0.15) is 19.8 Å². The number of rotatable bonds is 7. The lowest BCUT2D eigenvalue weighted by molar-refractivity contribution is -0.138. The lowest BCUT2D eigenvalue weighted by Gasteiger charge is -2.11. The Morgan fingerprint density at radius 2 is 1.94 bits per heavy atom.